The van der Waals surface area contributed by atoms with E-state index in [1.807, 2.05) is 0 Å². The average Bonchev–Trinajstić information content (AvgIpc) is 2.38. The van der Waals surface area contributed by atoms with Crippen molar-refractivity contribution < 1.29 is 9.53 Å². The third-order valence-electron chi connectivity index (χ3n) is 3.60. The molecule has 4 bridgehead atoms. The molecule has 0 aliphatic heterocycles. The Labute approximate surface area is 59.6 Å². The number of rotatable bonds is 2. The first-order chi connectivity index (χ1) is 4.92. The molecule has 0 radical (unpaired) electrons. The van der Waals surface area contributed by atoms with Crippen molar-refractivity contribution in [2.24, 2.45) is 23.7 Å². The smallest absolute Gasteiger partial charge is 0.293 e. The highest BCUT2D eigenvalue weighted by Gasteiger charge is 2.69. The van der Waals surface area contributed by atoms with Crippen molar-refractivity contribution in [1.29, 1.82) is 0 Å². The minimum Gasteiger partial charge on any atom is -0.464 e. The number of carbonyl (C=O) groups excluding carboxylic acids is 1. The Kier molecular flexibility index (Phi) is 0.715. The first kappa shape index (κ1) is 5.16. The van der Waals surface area contributed by atoms with Crippen LogP contribution in [0.2, 0.25) is 0 Å². The topological polar surface area (TPSA) is 26.3 Å². The van der Waals surface area contributed by atoms with E-state index in [1.54, 1.807) is 0 Å². The highest BCUT2D eigenvalue weighted by atomic mass is 16.5. The van der Waals surface area contributed by atoms with Crippen LogP contribution in [0.5, 0.6) is 0 Å². The van der Waals surface area contributed by atoms with Crippen molar-refractivity contribution in [3.8, 4) is 0 Å². The fraction of sp³-hybridized carbons (Fsp3) is 0.875. The van der Waals surface area contributed by atoms with Gasteiger partial charge in [-0.15, -0.1) is 0 Å². The molecule has 0 aromatic rings. The highest BCUT2D eigenvalue weighted by Crippen LogP contribution is 2.71. The molecule has 54 valence electrons. The summed E-state index contributed by atoms with van der Waals surface area (Å²) >= 11 is 0. The number of hydrogen-bond donors (Lipinski definition) is 0. The monoisotopic (exact) mass is 138 g/mol. The van der Waals surface area contributed by atoms with Gasteiger partial charge in [-0.3, -0.25) is 4.79 Å². The average molecular weight is 138 g/mol. The third kappa shape index (κ3) is 0.386. The Morgan fingerprint density at radius 3 is 2.40 bits per heavy atom. The second kappa shape index (κ2) is 1.39. The number of carbonyl (C=O) groups is 1. The summed E-state index contributed by atoms with van der Waals surface area (Å²) < 4.78 is 5.03. The van der Waals surface area contributed by atoms with Gasteiger partial charge in [0.1, 0.15) is 6.10 Å². The predicted octanol–water partition coefficient (Wildman–Crippen LogP) is 0.814. The van der Waals surface area contributed by atoms with Crippen molar-refractivity contribution in [1.82, 2.24) is 0 Å². The summed E-state index contributed by atoms with van der Waals surface area (Å²) in [5.41, 5.74) is 0. The van der Waals surface area contributed by atoms with Crippen LogP contribution in [0, 0.1) is 23.7 Å². The largest absolute Gasteiger partial charge is 0.464 e. The van der Waals surface area contributed by atoms with Gasteiger partial charge in [-0.25, -0.2) is 0 Å². The number of hydrogen-bond acceptors (Lipinski definition) is 2. The van der Waals surface area contributed by atoms with E-state index in [9.17, 15) is 4.79 Å². The van der Waals surface area contributed by atoms with Crippen molar-refractivity contribution in [3.05, 3.63) is 0 Å². The molecular weight excluding hydrogens is 128 g/mol. The molecule has 2 heteroatoms. The van der Waals surface area contributed by atoms with Crippen molar-refractivity contribution in [3.63, 3.8) is 0 Å². The van der Waals surface area contributed by atoms with Gasteiger partial charge in [0.2, 0.25) is 0 Å². The van der Waals surface area contributed by atoms with Gasteiger partial charge in [-0.05, 0) is 30.6 Å². The van der Waals surface area contributed by atoms with Gasteiger partial charge in [0.25, 0.3) is 6.47 Å². The molecule has 0 aromatic carbocycles. The van der Waals surface area contributed by atoms with Crippen LogP contribution < -0.4 is 0 Å². The number of ether oxygens (including phenoxy) is 1. The van der Waals surface area contributed by atoms with Gasteiger partial charge in [-0.2, -0.15) is 0 Å². The summed E-state index contributed by atoms with van der Waals surface area (Å²) in [6.07, 6.45) is 3.01. The van der Waals surface area contributed by atoms with Crippen LogP contribution in [-0.2, 0) is 9.53 Å². The maximum Gasteiger partial charge on any atom is 0.293 e. The molecule has 2 nitrogen and oxygen atoms in total. The molecule has 0 N–H and O–H groups in total. The van der Waals surface area contributed by atoms with E-state index < -0.39 is 0 Å². The molecule has 5 atom stereocenters. The Morgan fingerprint density at radius 2 is 2.00 bits per heavy atom. The molecule has 4 aliphatic carbocycles. The summed E-state index contributed by atoms with van der Waals surface area (Å²) in [5.74, 6) is 3.44. The SMILES string of the molecule is O=CO[C@@H]1C2C[C@@H]3C1[C@@H]3C2. The van der Waals surface area contributed by atoms with E-state index in [4.69, 9.17) is 4.74 Å². The highest BCUT2D eigenvalue weighted by molar-refractivity contribution is 5.39. The second-order valence-corrected chi connectivity index (χ2v) is 3.83. The van der Waals surface area contributed by atoms with E-state index in [0.29, 0.717) is 12.6 Å². The molecule has 0 saturated heterocycles. The third-order valence-corrected chi connectivity index (χ3v) is 3.60. The van der Waals surface area contributed by atoms with Crippen molar-refractivity contribution in [2.45, 2.75) is 18.9 Å². The van der Waals surface area contributed by atoms with Crippen LogP contribution in [0.4, 0.5) is 0 Å². The van der Waals surface area contributed by atoms with Gasteiger partial charge >= 0.3 is 0 Å². The maximum absolute atomic E-state index is 10.1. The zero-order valence-electron chi connectivity index (χ0n) is 5.69. The summed E-state index contributed by atoms with van der Waals surface area (Å²) in [7, 11) is 0. The second-order valence-electron chi connectivity index (χ2n) is 3.83. The van der Waals surface area contributed by atoms with Crippen LogP contribution in [-0.4, -0.2) is 12.6 Å². The van der Waals surface area contributed by atoms with Crippen molar-refractivity contribution >= 4 is 6.47 Å². The van der Waals surface area contributed by atoms with E-state index in [1.165, 1.54) is 12.8 Å². The molecule has 0 amide bonds. The molecule has 4 rings (SSSR count). The van der Waals surface area contributed by atoms with Crippen LogP contribution in [0.1, 0.15) is 12.8 Å². The normalized spacial score (nSPS) is 60.6. The minimum atomic E-state index is 0.326. The zero-order valence-corrected chi connectivity index (χ0v) is 5.69. The lowest BCUT2D eigenvalue weighted by Gasteiger charge is -2.10. The molecule has 10 heavy (non-hydrogen) atoms. The summed E-state index contributed by atoms with van der Waals surface area (Å²) in [6.45, 7) is 0.626. The van der Waals surface area contributed by atoms with Gasteiger partial charge in [0.15, 0.2) is 0 Å². The Morgan fingerprint density at radius 1 is 1.30 bits per heavy atom. The van der Waals surface area contributed by atoms with E-state index in [0.717, 1.165) is 23.7 Å². The first-order valence-electron chi connectivity index (χ1n) is 4.01. The van der Waals surface area contributed by atoms with Gasteiger partial charge in [0.05, 0.1) is 0 Å². The van der Waals surface area contributed by atoms with Gasteiger partial charge in [-0.1, -0.05) is 0 Å². The lowest BCUT2D eigenvalue weighted by molar-refractivity contribution is -0.135. The first-order valence-corrected chi connectivity index (χ1v) is 4.01. The molecule has 4 saturated carbocycles. The lowest BCUT2D eigenvalue weighted by atomic mass is 10.1. The summed E-state index contributed by atoms with van der Waals surface area (Å²) in [4.78, 5) is 10.1. The van der Waals surface area contributed by atoms with Crippen LogP contribution >= 0.6 is 0 Å². The van der Waals surface area contributed by atoms with Crippen molar-refractivity contribution in [2.75, 3.05) is 0 Å². The summed E-state index contributed by atoms with van der Waals surface area (Å²) in [5, 5.41) is 0. The minimum absolute atomic E-state index is 0.326. The quantitative estimate of drug-likeness (QED) is 0.528. The zero-order chi connectivity index (χ0) is 6.72. The van der Waals surface area contributed by atoms with Crippen LogP contribution in [0.3, 0.4) is 0 Å². The van der Waals surface area contributed by atoms with E-state index >= 15 is 0 Å². The predicted molar refractivity (Wildman–Crippen MR) is 34.1 cm³/mol. The van der Waals surface area contributed by atoms with Gasteiger partial charge in [0, 0.05) is 5.92 Å². The Bertz CT molecular complexity index is 176. The molecule has 4 fully saturated rings. The van der Waals surface area contributed by atoms with Gasteiger partial charge < -0.3 is 4.74 Å². The van der Waals surface area contributed by atoms with Crippen LogP contribution in [0.25, 0.3) is 0 Å². The molecule has 0 aromatic heterocycles. The molecule has 4 aliphatic rings. The van der Waals surface area contributed by atoms with Crippen LogP contribution in [0.15, 0.2) is 0 Å². The molecular formula is C8H10O2. The Balaban J connectivity index is 1.84. The van der Waals surface area contributed by atoms with E-state index in [-0.39, 0.29) is 0 Å². The fourth-order valence-corrected chi connectivity index (χ4v) is 3.27. The molecule has 0 spiro atoms. The fourth-order valence-electron chi connectivity index (χ4n) is 3.27. The maximum atomic E-state index is 10.1. The van der Waals surface area contributed by atoms with E-state index in [2.05, 4.69) is 0 Å². The standard InChI is InChI=1S/C8H10O2/c9-3-10-8-4-1-5-6(2-4)7(5)8/h3-8H,1-2H2/t4?,5-,6+,7?,8-/m1/s1. The Hall–Kier alpha value is -0.530. The lowest BCUT2D eigenvalue weighted by Crippen LogP contribution is -2.15. The summed E-state index contributed by atoms with van der Waals surface area (Å²) in [6, 6.07) is 0. The molecule has 0 heterocycles. The molecule has 2 unspecified atom stereocenters.